The maximum Gasteiger partial charge on any atom is 0.531 e. The summed E-state index contributed by atoms with van der Waals surface area (Å²) in [6.07, 6.45) is -0.666. The number of carboxylic acids is 1. The van der Waals surface area contributed by atoms with Crippen LogP contribution in [0.4, 0.5) is 12.9 Å². The summed E-state index contributed by atoms with van der Waals surface area (Å²) in [4.78, 5) is 10.1. The van der Waals surface area contributed by atoms with E-state index in [0.29, 0.717) is 0 Å². The van der Waals surface area contributed by atoms with Crippen molar-refractivity contribution in [3.63, 3.8) is 0 Å². The third-order valence-electron chi connectivity index (χ3n) is 1.86. The largest absolute Gasteiger partial charge is 0.531 e. The predicted molar refractivity (Wildman–Crippen MR) is 47.8 cm³/mol. The molecule has 0 spiro atoms. The predicted octanol–water partition coefficient (Wildman–Crippen LogP) is 1.31. The number of quaternary nitrogens is 1. The molecule has 0 amide bonds. The number of rotatable bonds is 6. The molecule has 0 aromatic carbocycles. The summed E-state index contributed by atoms with van der Waals surface area (Å²) in [5.41, 5.74) is 0. The second kappa shape index (κ2) is 4.68. The summed E-state index contributed by atoms with van der Waals surface area (Å²) in [5, 5.41) is 8.32. The first kappa shape index (κ1) is 13.3. The Morgan fingerprint density at radius 3 is 2.21 bits per heavy atom. The first-order chi connectivity index (χ1) is 6.12. The summed E-state index contributed by atoms with van der Waals surface area (Å²) in [6.45, 7) is -4.58. The van der Waals surface area contributed by atoms with Crippen LogP contribution in [0.1, 0.15) is 12.8 Å². The molecule has 0 saturated heterocycles. The lowest BCUT2D eigenvalue weighted by molar-refractivity contribution is -0.882. The molecule has 0 aliphatic carbocycles. The fourth-order valence-corrected chi connectivity index (χ4v) is 1.31. The summed E-state index contributed by atoms with van der Waals surface area (Å²) in [5.74, 6) is -0.970. The fourth-order valence-electron chi connectivity index (χ4n) is 1.31. The van der Waals surface area contributed by atoms with Crippen LogP contribution >= 0.6 is 0 Å². The van der Waals surface area contributed by atoms with Crippen molar-refractivity contribution in [2.24, 2.45) is 0 Å². The van der Waals surface area contributed by atoms with E-state index in [0.717, 1.165) is 0 Å². The van der Waals surface area contributed by atoms with Gasteiger partial charge in [0.2, 0.25) is 0 Å². The Kier molecular flexibility index (Phi) is 4.44. The van der Waals surface area contributed by atoms with Gasteiger partial charge in [-0.15, -0.1) is 0 Å². The molecular weight excluding hydrogens is 198 g/mol. The fraction of sp³-hybridized carbons (Fsp3) is 0.857. The third-order valence-corrected chi connectivity index (χ3v) is 1.86. The molecule has 0 radical (unpaired) electrons. The second-order valence-corrected chi connectivity index (χ2v) is 4.05. The van der Waals surface area contributed by atoms with Gasteiger partial charge in [-0.2, -0.15) is 0 Å². The molecule has 0 aliphatic heterocycles. The van der Waals surface area contributed by atoms with Gasteiger partial charge in [0.05, 0.1) is 33.5 Å². The van der Waals surface area contributed by atoms with Gasteiger partial charge in [-0.3, -0.25) is 4.79 Å². The van der Waals surface area contributed by atoms with Crippen molar-refractivity contribution in [3.8, 4) is 0 Å². The molecule has 84 valence electrons. The van der Waals surface area contributed by atoms with Crippen LogP contribution in [-0.2, 0) is 4.79 Å². The molecule has 0 atom stereocenters. The SMILES string of the molecule is C[N+](C)(CCCC(=O)O)C[B-](F)(F)F. The minimum Gasteiger partial charge on any atom is -0.481 e. The maximum absolute atomic E-state index is 12.1. The molecule has 0 saturated carbocycles. The highest BCUT2D eigenvalue weighted by Crippen LogP contribution is 2.14. The third kappa shape index (κ3) is 7.91. The van der Waals surface area contributed by atoms with Crippen LogP contribution in [-0.4, -0.2) is 49.6 Å². The van der Waals surface area contributed by atoms with Crippen LogP contribution in [0.25, 0.3) is 0 Å². The van der Waals surface area contributed by atoms with Crippen LogP contribution < -0.4 is 0 Å². The zero-order chi connectivity index (χ0) is 11.4. The van der Waals surface area contributed by atoms with E-state index in [2.05, 4.69) is 0 Å². The Labute approximate surface area is 81.2 Å². The standard InChI is InChI=1S/C7H15BF3NO2/c1-12(2,6-8(9,10)11)5-3-4-7(13)14/h3-6H2,1-2H3,(H,13,14). The molecule has 0 aromatic heterocycles. The van der Waals surface area contributed by atoms with Crippen molar-refractivity contribution in [1.82, 2.24) is 0 Å². The van der Waals surface area contributed by atoms with Gasteiger partial charge in [-0.25, -0.2) is 0 Å². The van der Waals surface area contributed by atoms with Gasteiger partial charge in [-0.05, 0) is 0 Å². The van der Waals surface area contributed by atoms with Gasteiger partial charge < -0.3 is 22.5 Å². The minimum absolute atomic E-state index is 0.0768. The van der Waals surface area contributed by atoms with Crippen molar-refractivity contribution < 1.29 is 27.3 Å². The van der Waals surface area contributed by atoms with Crippen molar-refractivity contribution in [2.75, 3.05) is 27.1 Å². The zero-order valence-corrected chi connectivity index (χ0v) is 8.34. The molecule has 0 aliphatic rings. The monoisotopic (exact) mass is 213 g/mol. The number of carbonyl (C=O) groups is 1. The van der Waals surface area contributed by atoms with Gasteiger partial charge in [-0.1, -0.05) is 0 Å². The highest BCUT2D eigenvalue weighted by Gasteiger charge is 2.33. The Morgan fingerprint density at radius 1 is 1.36 bits per heavy atom. The van der Waals surface area contributed by atoms with E-state index in [1.54, 1.807) is 0 Å². The van der Waals surface area contributed by atoms with Crippen molar-refractivity contribution in [3.05, 3.63) is 0 Å². The first-order valence-electron chi connectivity index (χ1n) is 4.37. The van der Waals surface area contributed by atoms with E-state index in [9.17, 15) is 17.7 Å². The van der Waals surface area contributed by atoms with E-state index in [4.69, 9.17) is 5.11 Å². The van der Waals surface area contributed by atoms with Crippen LogP contribution in [0.2, 0.25) is 0 Å². The lowest BCUT2D eigenvalue weighted by Gasteiger charge is -2.34. The van der Waals surface area contributed by atoms with E-state index in [1.165, 1.54) is 14.1 Å². The molecule has 14 heavy (non-hydrogen) atoms. The molecule has 0 unspecified atom stereocenters. The minimum atomic E-state index is -4.81. The normalized spacial score (nSPS) is 12.9. The Morgan fingerprint density at radius 2 is 1.86 bits per heavy atom. The van der Waals surface area contributed by atoms with E-state index < -0.39 is 19.4 Å². The summed E-state index contributed by atoms with van der Waals surface area (Å²) >= 11 is 0. The second-order valence-electron chi connectivity index (χ2n) is 4.05. The zero-order valence-electron chi connectivity index (χ0n) is 8.34. The molecule has 0 aromatic rings. The number of nitrogens with zero attached hydrogens (tertiary/aromatic N) is 1. The number of aliphatic carboxylic acids is 1. The van der Waals surface area contributed by atoms with Crippen LogP contribution in [0.5, 0.6) is 0 Å². The topological polar surface area (TPSA) is 37.3 Å². The van der Waals surface area contributed by atoms with Crippen LogP contribution in [0, 0.1) is 0 Å². The Balaban J connectivity index is 3.89. The van der Waals surface area contributed by atoms with E-state index >= 15 is 0 Å². The molecule has 0 heterocycles. The molecule has 0 rings (SSSR count). The Hall–Kier alpha value is -0.715. The number of hydrogen-bond donors (Lipinski definition) is 1. The number of halogens is 3. The average Bonchev–Trinajstić information content (AvgIpc) is 1.78. The number of hydrogen-bond acceptors (Lipinski definition) is 1. The molecule has 7 heteroatoms. The van der Waals surface area contributed by atoms with Crippen molar-refractivity contribution in [1.29, 1.82) is 0 Å². The number of carboxylic acid groups (broad SMARTS) is 1. The molecule has 3 nitrogen and oxygen atoms in total. The van der Waals surface area contributed by atoms with Crippen molar-refractivity contribution >= 4 is 12.9 Å². The molecule has 0 bridgehead atoms. The molecular formula is C7H15BF3NO2. The van der Waals surface area contributed by atoms with Gasteiger partial charge in [0.15, 0.2) is 0 Å². The van der Waals surface area contributed by atoms with Crippen LogP contribution in [0.3, 0.4) is 0 Å². The van der Waals surface area contributed by atoms with Crippen molar-refractivity contribution in [2.45, 2.75) is 12.8 Å². The smallest absolute Gasteiger partial charge is 0.481 e. The van der Waals surface area contributed by atoms with Gasteiger partial charge in [0, 0.05) is 6.42 Å². The maximum atomic E-state index is 12.1. The Bertz CT molecular complexity index is 206. The average molecular weight is 213 g/mol. The van der Waals surface area contributed by atoms with E-state index in [1.807, 2.05) is 0 Å². The lowest BCUT2D eigenvalue weighted by Crippen LogP contribution is -2.49. The summed E-state index contributed by atoms with van der Waals surface area (Å²) in [6, 6.07) is 0. The molecule has 0 fully saturated rings. The van der Waals surface area contributed by atoms with Gasteiger partial charge in [0.1, 0.15) is 0 Å². The molecule has 1 N–H and O–H groups in total. The van der Waals surface area contributed by atoms with Crippen LogP contribution in [0.15, 0.2) is 0 Å². The van der Waals surface area contributed by atoms with Gasteiger partial charge >= 0.3 is 12.9 Å². The first-order valence-corrected chi connectivity index (χ1v) is 4.37. The summed E-state index contributed by atoms with van der Waals surface area (Å²) < 4.78 is 36.0. The van der Waals surface area contributed by atoms with Gasteiger partial charge in [0.25, 0.3) is 0 Å². The highest BCUT2D eigenvalue weighted by molar-refractivity contribution is 6.58. The summed E-state index contributed by atoms with van der Waals surface area (Å²) in [7, 11) is 2.91. The van der Waals surface area contributed by atoms with E-state index in [-0.39, 0.29) is 23.9 Å². The highest BCUT2D eigenvalue weighted by atomic mass is 19.4. The lowest BCUT2D eigenvalue weighted by atomic mass is 9.90. The quantitative estimate of drug-likeness (QED) is 0.533.